The molecule has 2 aromatic carbocycles. The van der Waals surface area contributed by atoms with E-state index in [1.165, 1.54) is 11.9 Å². The summed E-state index contributed by atoms with van der Waals surface area (Å²) in [5.74, 6) is 0.907. The Labute approximate surface area is 164 Å². The zero-order valence-corrected chi connectivity index (χ0v) is 16.2. The van der Waals surface area contributed by atoms with E-state index in [1.807, 2.05) is 36.4 Å². The van der Waals surface area contributed by atoms with Crippen molar-refractivity contribution in [3.05, 3.63) is 71.8 Å². The first-order valence-corrected chi connectivity index (χ1v) is 9.49. The van der Waals surface area contributed by atoms with Crippen molar-refractivity contribution in [2.24, 2.45) is 0 Å². The summed E-state index contributed by atoms with van der Waals surface area (Å²) in [6.07, 6.45) is 5.50. The third-order valence-corrected chi connectivity index (χ3v) is 4.92. The summed E-state index contributed by atoms with van der Waals surface area (Å²) in [4.78, 5) is 16.4. The Morgan fingerprint density at radius 3 is 2.71 bits per heavy atom. The fourth-order valence-electron chi connectivity index (χ4n) is 3.41. The summed E-state index contributed by atoms with van der Waals surface area (Å²) < 4.78 is 7.77. The minimum absolute atomic E-state index is 0.0268. The predicted octanol–water partition coefficient (Wildman–Crippen LogP) is 3.61. The number of ether oxygens (including phenoxy) is 1. The van der Waals surface area contributed by atoms with Crippen molar-refractivity contribution in [3.63, 3.8) is 0 Å². The van der Waals surface area contributed by atoms with Crippen LogP contribution >= 0.6 is 0 Å². The quantitative estimate of drug-likeness (QED) is 0.739. The summed E-state index contributed by atoms with van der Waals surface area (Å²) in [6, 6.07) is 13.8. The van der Waals surface area contributed by atoms with Gasteiger partial charge in [-0.05, 0) is 61.6 Å². The van der Waals surface area contributed by atoms with Crippen LogP contribution in [0.4, 0.5) is 5.69 Å². The van der Waals surface area contributed by atoms with Crippen molar-refractivity contribution in [2.75, 3.05) is 5.32 Å². The van der Waals surface area contributed by atoms with Gasteiger partial charge in [0.25, 0.3) is 0 Å². The molecule has 0 unspecified atom stereocenters. The largest absolute Gasteiger partial charge is 0.488 e. The van der Waals surface area contributed by atoms with E-state index in [0.29, 0.717) is 13.0 Å². The standard InChI is InChI=1S/C22H24N4O2/c1-22(2)10-9-18-11-17(5-8-20(18)28-22)12-21(27)25-19-6-3-16(4-7-19)13-26-15-23-14-24-26/h3-8,11,14-15H,9-10,12-13H2,1-2H3,(H,25,27). The zero-order valence-electron chi connectivity index (χ0n) is 16.2. The predicted molar refractivity (Wildman–Crippen MR) is 107 cm³/mol. The number of carbonyl (C=O) groups excluding carboxylic acids is 1. The van der Waals surface area contributed by atoms with Crippen molar-refractivity contribution in [2.45, 2.75) is 45.3 Å². The number of hydrogen-bond donors (Lipinski definition) is 1. The van der Waals surface area contributed by atoms with Crippen molar-refractivity contribution in [1.82, 2.24) is 14.8 Å². The van der Waals surface area contributed by atoms with Gasteiger partial charge in [0.2, 0.25) is 5.91 Å². The monoisotopic (exact) mass is 376 g/mol. The van der Waals surface area contributed by atoms with Crippen LogP contribution in [0.15, 0.2) is 55.1 Å². The van der Waals surface area contributed by atoms with E-state index in [1.54, 1.807) is 11.0 Å². The van der Waals surface area contributed by atoms with Gasteiger partial charge in [0.15, 0.2) is 0 Å². The van der Waals surface area contributed by atoms with E-state index < -0.39 is 0 Å². The molecule has 6 heteroatoms. The molecule has 3 aromatic rings. The van der Waals surface area contributed by atoms with Crippen LogP contribution in [0.2, 0.25) is 0 Å². The number of aryl methyl sites for hydroxylation is 1. The van der Waals surface area contributed by atoms with Gasteiger partial charge in [-0.1, -0.05) is 24.3 Å². The van der Waals surface area contributed by atoms with Crippen LogP contribution < -0.4 is 10.1 Å². The van der Waals surface area contributed by atoms with Crippen molar-refractivity contribution < 1.29 is 9.53 Å². The smallest absolute Gasteiger partial charge is 0.228 e. The summed E-state index contributed by atoms with van der Waals surface area (Å²) >= 11 is 0. The van der Waals surface area contributed by atoms with Crippen LogP contribution in [0.3, 0.4) is 0 Å². The first kappa shape index (κ1) is 18.2. The molecule has 1 aliphatic heterocycles. The van der Waals surface area contributed by atoms with Crippen LogP contribution in [0.25, 0.3) is 0 Å². The average molecular weight is 376 g/mol. The van der Waals surface area contributed by atoms with E-state index in [-0.39, 0.29) is 11.5 Å². The van der Waals surface area contributed by atoms with Gasteiger partial charge in [-0.3, -0.25) is 4.79 Å². The molecule has 1 aromatic heterocycles. The maximum absolute atomic E-state index is 12.4. The van der Waals surface area contributed by atoms with Gasteiger partial charge in [-0.2, -0.15) is 5.10 Å². The Morgan fingerprint density at radius 1 is 1.18 bits per heavy atom. The molecule has 1 amide bonds. The van der Waals surface area contributed by atoms with Crippen LogP contribution in [0.1, 0.15) is 37.0 Å². The highest BCUT2D eigenvalue weighted by Gasteiger charge is 2.26. The van der Waals surface area contributed by atoms with E-state index in [4.69, 9.17) is 4.74 Å². The number of anilines is 1. The van der Waals surface area contributed by atoms with Crippen LogP contribution in [-0.4, -0.2) is 26.3 Å². The van der Waals surface area contributed by atoms with Gasteiger partial charge in [-0.15, -0.1) is 0 Å². The highest BCUT2D eigenvalue weighted by Crippen LogP contribution is 2.33. The summed E-state index contributed by atoms with van der Waals surface area (Å²) in [6.45, 7) is 4.87. The summed E-state index contributed by atoms with van der Waals surface area (Å²) in [7, 11) is 0. The third-order valence-electron chi connectivity index (χ3n) is 4.92. The van der Waals surface area contributed by atoms with Gasteiger partial charge in [0, 0.05) is 5.69 Å². The lowest BCUT2D eigenvalue weighted by Crippen LogP contribution is -2.32. The fourth-order valence-corrected chi connectivity index (χ4v) is 3.41. The minimum Gasteiger partial charge on any atom is -0.488 e. The molecule has 28 heavy (non-hydrogen) atoms. The van der Waals surface area contributed by atoms with Crippen molar-refractivity contribution >= 4 is 11.6 Å². The number of benzene rings is 2. The number of aromatic nitrogens is 3. The second-order valence-electron chi connectivity index (χ2n) is 7.82. The number of carbonyl (C=O) groups is 1. The van der Waals surface area contributed by atoms with Crippen LogP contribution in [0, 0.1) is 0 Å². The maximum Gasteiger partial charge on any atom is 0.228 e. The minimum atomic E-state index is -0.119. The van der Waals surface area contributed by atoms with Crippen LogP contribution in [0.5, 0.6) is 5.75 Å². The SMILES string of the molecule is CC1(C)CCc2cc(CC(=O)Nc3ccc(Cn4cncn4)cc3)ccc2O1. The lowest BCUT2D eigenvalue weighted by molar-refractivity contribution is -0.115. The van der Waals surface area contributed by atoms with E-state index in [0.717, 1.165) is 35.4 Å². The van der Waals surface area contributed by atoms with Gasteiger partial charge in [0.1, 0.15) is 24.0 Å². The number of nitrogens with one attached hydrogen (secondary N) is 1. The number of amides is 1. The Kier molecular flexibility index (Phi) is 4.86. The van der Waals surface area contributed by atoms with E-state index in [9.17, 15) is 4.79 Å². The second kappa shape index (κ2) is 7.46. The zero-order chi connectivity index (χ0) is 19.6. The molecule has 1 aliphatic rings. The van der Waals surface area contributed by atoms with Crippen molar-refractivity contribution in [1.29, 1.82) is 0 Å². The molecule has 0 spiro atoms. The molecule has 0 saturated heterocycles. The number of hydrogen-bond acceptors (Lipinski definition) is 4. The Balaban J connectivity index is 1.35. The molecule has 2 heterocycles. The van der Waals surface area contributed by atoms with Gasteiger partial charge in [-0.25, -0.2) is 9.67 Å². The summed E-state index contributed by atoms with van der Waals surface area (Å²) in [5, 5.41) is 7.06. The van der Waals surface area contributed by atoms with E-state index in [2.05, 4.69) is 35.3 Å². The van der Waals surface area contributed by atoms with Gasteiger partial charge >= 0.3 is 0 Å². The molecule has 0 saturated carbocycles. The Hall–Kier alpha value is -3.15. The first-order valence-electron chi connectivity index (χ1n) is 9.49. The molecule has 0 fully saturated rings. The maximum atomic E-state index is 12.4. The number of fused-ring (bicyclic) bond motifs is 1. The molecule has 0 aliphatic carbocycles. The molecule has 0 bridgehead atoms. The third kappa shape index (κ3) is 4.39. The molecule has 4 rings (SSSR count). The molecule has 0 radical (unpaired) electrons. The number of rotatable bonds is 5. The molecular formula is C22H24N4O2. The van der Waals surface area contributed by atoms with Crippen LogP contribution in [-0.2, 0) is 24.2 Å². The molecule has 6 nitrogen and oxygen atoms in total. The molecule has 0 atom stereocenters. The number of nitrogens with zero attached hydrogens (tertiary/aromatic N) is 3. The topological polar surface area (TPSA) is 69.0 Å². The average Bonchev–Trinajstić information content (AvgIpc) is 3.16. The highest BCUT2D eigenvalue weighted by molar-refractivity contribution is 5.92. The molecular weight excluding hydrogens is 352 g/mol. The normalized spacial score (nSPS) is 14.8. The molecule has 144 valence electrons. The van der Waals surface area contributed by atoms with E-state index >= 15 is 0 Å². The first-order chi connectivity index (χ1) is 13.5. The lowest BCUT2D eigenvalue weighted by Gasteiger charge is -2.32. The second-order valence-corrected chi connectivity index (χ2v) is 7.82. The van der Waals surface area contributed by atoms with Gasteiger partial charge < -0.3 is 10.1 Å². The summed E-state index contributed by atoms with van der Waals surface area (Å²) in [5.41, 5.74) is 3.95. The highest BCUT2D eigenvalue weighted by atomic mass is 16.5. The Morgan fingerprint density at radius 2 is 1.96 bits per heavy atom. The Bertz CT molecular complexity index is 963. The fraction of sp³-hybridized carbons (Fsp3) is 0.318. The lowest BCUT2D eigenvalue weighted by atomic mass is 9.93. The van der Waals surface area contributed by atoms with Crippen molar-refractivity contribution in [3.8, 4) is 5.75 Å². The molecule has 1 N–H and O–H groups in total. The van der Waals surface area contributed by atoms with Gasteiger partial charge in [0.05, 0.1) is 13.0 Å².